The van der Waals surface area contributed by atoms with E-state index < -0.39 is 10.8 Å². The number of pyridine rings is 2. The van der Waals surface area contributed by atoms with E-state index in [0.29, 0.717) is 71.0 Å². The Morgan fingerprint density at radius 1 is 0.685 bits per heavy atom. The van der Waals surface area contributed by atoms with E-state index in [4.69, 9.17) is 21.2 Å². The van der Waals surface area contributed by atoms with Crippen molar-refractivity contribution in [2.45, 2.75) is 68.6 Å². The van der Waals surface area contributed by atoms with Crippen LogP contribution in [-0.2, 0) is 10.8 Å². The van der Waals surface area contributed by atoms with Crippen molar-refractivity contribution in [2.24, 2.45) is 0 Å². The molecule has 6 aromatic rings. The predicted octanol–water partition coefficient (Wildman–Crippen LogP) is 4.81. The summed E-state index contributed by atoms with van der Waals surface area (Å²) in [6.07, 6.45) is 12.4. The molecule has 10 rings (SSSR count). The van der Waals surface area contributed by atoms with E-state index in [0.717, 1.165) is 90.6 Å². The van der Waals surface area contributed by atoms with Gasteiger partial charge in [-0.15, -0.1) is 0 Å². The maximum Gasteiger partial charge on any atom is 0.270 e. The number of anilines is 5. The first kappa shape index (κ1) is 52.4. The fraction of sp³-hybridized carbons (Fsp3) is 0.451. The molecule has 0 bridgehead atoms. The third-order valence-electron chi connectivity index (χ3n) is 13.8. The van der Waals surface area contributed by atoms with Gasteiger partial charge >= 0.3 is 0 Å². The Kier molecular flexibility index (Phi) is 17.3. The third kappa shape index (κ3) is 12.3. The molecule has 2 aliphatic heterocycles. The minimum absolute atomic E-state index is 0.00984. The topological polar surface area (TPSA) is 252 Å². The highest BCUT2D eigenvalue weighted by Crippen LogP contribution is 2.33. The van der Waals surface area contributed by atoms with Crippen LogP contribution >= 0.6 is 0 Å². The zero-order chi connectivity index (χ0) is 51.6. The second-order valence-electron chi connectivity index (χ2n) is 18.5. The van der Waals surface area contributed by atoms with Gasteiger partial charge in [0, 0.05) is 118 Å². The number of aliphatic hydroxyl groups is 2. The molecule has 2 aliphatic carbocycles. The molecule has 5 N–H and O–H groups in total. The summed E-state index contributed by atoms with van der Waals surface area (Å²) in [5.41, 5.74) is 8.14. The van der Waals surface area contributed by atoms with Crippen molar-refractivity contribution in [2.75, 3.05) is 106 Å². The number of nitrogens with two attached hydrogens (primary N) is 1. The minimum Gasteiger partial charge on any atom is -0.399 e. The average molecular weight is 1020 g/mol. The highest BCUT2D eigenvalue weighted by molar-refractivity contribution is 7.84. The Morgan fingerprint density at radius 3 is 1.60 bits per heavy atom. The van der Waals surface area contributed by atoms with Gasteiger partial charge < -0.3 is 31.1 Å². The number of nitrogens with zero attached hydrogens (tertiary/aromatic N) is 12. The molecule has 0 radical (unpaired) electrons. The predicted molar refractivity (Wildman–Crippen MR) is 276 cm³/mol. The average Bonchev–Trinajstić information content (AvgIpc) is 4.14. The van der Waals surface area contributed by atoms with Gasteiger partial charge in [0.15, 0.2) is 0 Å². The number of hydrogen-bond donors (Lipinski definition) is 4. The molecule has 1 unspecified atom stereocenters. The molecule has 1 atom stereocenters. The summed E-state index contributed by atoms with van der Waals surface area (Å²) < 4.78 is 43.5. The van der Waals surface area contributed by atoms with Crippen LogP contribution in [0.2, 0.25) is 0 Å². The van der Waals surface area contributed by atoms with Gasteiger partial charge in [0.1, 0.15) is 46.2 Å². The fourth-order valence-electron chi connectivity index (χ4n) is 10.0. The number of aromatic nitrogens is 6. The van der Waals surface area contributed by atoms with Gasteiger partial charge in [0.2, 0.25) is 11.1 Å². The summed E-state index contributed by atoms with van der Waals surface area (Å²) in [7, 11) is -1.31. The highest BCUT2D eigenvalue weighted by atomic mass is 32.2. The zero-order valence-electron chi connectivity index (χ0n) is 40.8. The van der Waals surface area contributed by atoms with Crippen molar-refractivity contribution in [3.8, 4) is 12.1 Å². The Labute approximate surface area is 423 Å². The number of hydrogen-bond acceptors (Lipinski definition) is 17. The number of piperazine rings is 2. The second-order valence-corrected chi connectivity index (χ2v) is 19.8. The summed E-state index contributed by atoms with van der Waals surface area (Å²) in [4.78, 5) is 51.1. The molecule has 73 heavy (non-hydrogen) atoms. The largest absolute Gasteiger partial charge is 0.399 e. The number of nitrogen functional groups attached to an aromatic ring is 1. The lowest BCUT2D eigenvalue weighted by Gasteiger charge is -2.36. The van der Waals surface area contributed by atoms with Crippen LogP contribution in [0, 0.1) is 34.3 Å². The third-order valence-corrected chi connectivity index (χ3v) is 14.5. The van der Waals surface area contributed by atoms with Crippen LogP contribution in [0.15, 0.2) is 75.7 Å². The SMILES string of the molecule is CS(=O)c1ncc2cc(C#N)c(=O)n(C3CCCC3)c2n1.N#Cc1cc2cnc(Nc3ccc(N4CCN(CCO)CC4)c(F)c3)nc2n(C2CCCC2)c1=O.Nc1ccc(N2CCN(CCO)CC2)c(F)c1. The molecule has 384 valence electrons. The number of aliphatic hydroxyl groups excluding tert-OH is 2. The quantitative estimate of drug-likeness (QED) is 0.100. The van der Waals surface area contributed by atoms with Gasteiger partial charge in [-0.3, -0.25) is 32.7 Å². The van der Waals surface area contributed by atoms with Crippen LogP contribution in [0.25, 0.3) is 22.1 Å². The van der Waals surface area contributed by atoms with Gasteiger partial charge in [-0.2, -0.15) is 15.5 Å². The number of β-amino-alcohol motifs (C(OH)–C–C–N with tert-alkyl or cyclic N) is 2. The highest BCUT2D eigenvalue weighted by Gasteiger charge is 2.26. The summed E-state index contributed by atoms with van der Waals surface area (Å²) in [5, 5.41) is 41.0. The number of halogens is 2. The number of fused-ring (bicyclic) bond motifs is 2. The van der Waals surface area contributed by atoms with Crippen LogP contribution < -0.4 is 32.0 Å². The maximum atomic E-state index is 15.0. The summed E-state index contributed by atoms with van der Waals surface area (Å²) in [6.45, 7) is 7.84. The van der Waals surface area contributed by atoms with Crippen LogP contribution in [-0.4, -0.2) is 138 Å². The van der Waals surface area contributed by atoms with Crippen LogP contribution in [0.5, 0.6) is 0 Å². The number of nitriles is 2. The van der Waals surface area contributed by atoms with Gasteiger partial charge in [0.05, 0.1) is 35.4 Å². The molecule has 2 aromatic carbocycles. The van der Waals surface area contributed by atoms with Gasteiger partial charge in [-0.05, 0) is 74.2 Å². The molecule has 2 saturated carbocycles. The smallest absolute Gasteiger partial charge is 0.270 e. The zero-order valence-corrected chi connectivity index (χ0v) is 41.6. The van der Waals surface area contributed by atoms with Crippen molar-refractivity contribution in [1.29, 1.82) is 10.5 Å². The summed E-state index contributed by atoms with van der Waals surface area (Å²) >= 11 is 0. The molecule has 4 fully saturated rings. The van der Waals surface area contributed by atoms with E-state index in [9.17, 15) is 27.8 Å². The van der Waals surface area contributed by atoms with Crippen LogP contribution in [0.1, 0.15) is 74.6 Å². The first-order valence-corrected chi connectivity index (χ1v) is 26.2. The van der Waals surface area contributed by atoms with Gasteiger partial charge in [-0.25, -0.2) is 23.7 Å². The lowest BCUT2D eigenvalue weighted by Crippen LogP contribution is -2.47. The second kappa shape index (κ2) is 24.2. The van der Waals surface area contributed by atoms with Crippen molar-refractivity contribution >= 4 is 61.6 Å². The van der Waals surface area contributed by atoms with Crippen molar-refractivity contribution in [3.63, 3.8) is 0 Å². The molecule has 0 spiro atoms. The minimum atomic E-state index is -1.31. The molecule has 22 heteroatoms. The van der Waals surface area contributed by atoms with E-state index in [-0.39, 0.29) is 70.3 Å². The lowest BCUT2D eigenvalue weighted by molar-refractivity contribution is 0.188. The molecule has 0 amide bonds. The molecule has 2 saturated heterocycles. The lowest BCUT2D eigenvalue weighted by atomic mass is 10.2. The van der Waals surface area contributed by atoms with E-state index >= 15 is 0 Å². The van der Waals surface area contributed by atoms with E-state index in [1.807, 2.05) is 21.9 Å². The Bertz CT molecular complexity index is 3150. The van der Waals surface area contributed by atoms with Gasteiger partial charge in [0.25, 0.3) is 11.1 Å². The van der Waals surface area contributed by atoms with E-state index in [1.54, 1.807) is 39.6 Å². The Balaban J connectivity index is 0.000000159. The molecule has 6 heterocycles. The first-order chi connectivity index (χ1) is 35.4. The molecule has 4 aliphatic rings. The number of benzene rings is 2. The van der Waals surface area contributed by atoms with Crippen molar-refractivity contribution < 1.29 is 23.2 Å². The molecular formula is C51H60F2N14O5S. The number of rotatable bonds is 11. The number of nitrogens with one attached hydrogen (secondary N) is 1. The van der Waals surface area contributed by atoms with Crippen LogP contribution in [0.3, 0.4) is 0 Å². The Morgan fingerprint density at radius 2 is 1.15 bits per heavy atom. The van der Waals surface area contributed by atoms with Gasteiger partial charge in [-0.1, -0.05) is 25.7 Å². The molecule has 4 aromatic heterocycles. The maximum absolute atomic E-state index is 15.0. The first-order valence-electron chi connectivity index (χ1n) is 24.7. The molecular weight excluding hydrogens is 959 g/mol. The fourth-order valence-corrected chi connectivity index (χ4v) is 10.5. The normalized spacial score (nSPS) is 17.1. The van der Waals surface area contributed by atoms with Crippen molar-refractivity contribution in [3.05, 3.63) is 104 Å². The van der Waals surface area contributed by atoms with Crippen molar-refractivity contribution in [1.82, 2.24) is 38.9 Å². The van der Waals surface area contributed by atoms with Crippen LogP contribution in [0.4, 0.5) is 37.5 Å². The van der Waals surface area contributed by atoms with E-state index in [2.05, 4.69) is 35.1 Å². The summed E-state index contributed by atoms with van der Waals surface area (Å²) in [6, 6.07) is 16.8. The Hall–Kier alpha value is -6.95. The molecule has 19 nitrogen and oxygen atoms in total. The van der Waals surface area contributed by atoms with E-state index in [1.165, 1.54) is 36.7 Å². The monoisotopic (exact) mass is 1020 g/mol. The standard InChI is InChI=1S/C25H28FN7O2.C14H14N4O2S.C12H18FN3O/c26-21-14-19(5-6-22(21)32-9-7-31(8-10-32)11-12-34)29-25-28-16-18-13-17(15-27)24(35)33(23(18)30-25)20-3-1-2-4-20;1-21(20)14-16-8-10-6-9(7-15)13(19)18(12(10)17-14)11-4-2-3-5-11;13-11-9-10(14)1-2-12(11)16-5-3-15(4-6-16)7-8-17/h5-6,13-14,16,20,34H,1-4,7-12H2,(H,28,29,30);6,8,11H,2-5H2,1H3;1-2,9,17H,3-8,14H2. The summed E-state index contributed by atoms with van der Waals surface area (Å²) in [5.74, 6) is -0.341.